The number of nitrogens with zero attached hydrogens (tertiary/aromatic N) is 1. The molecule has 1 aliphatic carbocycles. The van der Waals surface area contributed by atoms with Gasteiger partial charge < -0.3 is 0 Å². The Balaban J connectivity index is 2.12. The standard InChI is InChI=1S/C9H15NO2S/c1-2-13(11,12)10-7-3-4-9(8-10)5-6-9/h2H,1,3-8H2. The van der Waals surface area contributed by atoms with E-state index in [0.717, 1.165) is 18.4 Å². The Morgan fingerprint density at radius 1 is 1.31 bits per heavy atom. The van der Waals surface area contributed by atoms with Gasteiger partial charge in [0.05, 0.1) is 0 Å². The number of rotatable bonds is 2. The fourth-order valence-electron chi connectivity index (χ4n) is 2.07. The maximum atomic E-state index is 11.5. The zero-order chi connectivity index (χ0) is 9.53. The lowest BCUT2D eigenvalue weighted by atomic mass is 9.97. The van der Waals surface area contributed by atoms with Gasteiger partial charge in [-0.1, -0.05) is 6.58 Å². The second kappa shape index (κ2) is 2.82. The highest BCUT2D eigenvalue weighted by atomic mass is 32.2. The fourth-order valence-corrected chi connectivity index (χ4v) is 3.12. The van der Waals surface area contributed by atoms with E-state index in [4.69, 9.17) is 0 Å². The predicted molar refractivity (Wildman–Crippen MR) is 51.6 cm³/mol. The summed E-state index contributed by atoms with van der Waals surface area (Å²) >= 11 is 0. The summed E-state index contributed by atoms with van der Waals surface area (Å²) in [5.74, 6) is 0. The molecule has 2 rings (SSSR count). The third kappa shape index (κ3) is 1.65. The second-order valence-corrected chi connectivity index (χ2v) is 6.03. The first-order valence-electron chi connectivity index (χ1n) is 4.71. The quantitative estimate of drug-likeness (QED) is 0.676. The van der Waals surface area contributed by atoms with E-state index in [1.165, 1.54) is 19.3 Å². The molecule has 1 aliphatic heterocycles. The van der Waals surface area contributed by atoms with Crippen molar-refractivity contribution in [3.8, 4) is 0 Å². The predicted octanol–water partition coefficient (Wildman–Crippen LogP) is 1.34. The maximum absolute atomic E-state index is 11.5. The normalized spacial score (nSPS) is 27.4. The Morgan fingerprint density at radius 2 is 2.00 bits per heavy atom. The summed E-state index contributed by atoms with van der Waals surface area (Å²) < 4.78 is 24.5. The molecular formula is C9H15NO2S. The minimum absolute atomic E-state index is 0.355. The molecule has 1 heterocycles. The largest absolute Gasteiger partial charge is 0.235 e. The molecule has 0 aromatic heterocycles. The van der Waals surface area contributed by atoms with E-state index in [0.29, 0.717) is 12.0 Å². The van der Waals surface area contributed by atoms with Crippen molar-refractivity contribution in [1.82, 2.24) is 4.31 Å². The summed E-state index contributed by atoms with van der Waals surface area (Å²) in [7, 11) is -3.16. The van der Waals surface area contributed by atoms with Gasteiger partial charge in [-0.2, -0.15) is 4.31 Å². The number of hydrogen-bond donors (Lipinski definition) is 0. The Bertz CT molecular complexity index is 317. The minimum atomic E-state index is -3.16. The van der Waals surface area contributed by atoms with E-state index in [9.17, 15) is 8.42 Å². The molecule has 74 valence electrons. The van der Waals surface area contributed by atoms with Crippen LogP contribution in [0.2, 0.25) is 0 Å². The highest BCUT2D eigenvalue weighted by Crippen LogP contribution is 2.52. The Morgan fingerprint density at radius 3 is 2.54 bits per heavy atom. The van der Waals surface area contributed by atoms with Crippen molar-refractivity contribution >= 4 is 10.0 Å². The van der Waals surface area contributed by atoms with Crippen molar-refractivity contribution in [3.63, 3.8) is 0 Å². The molecule has 0 amide bonds. The Hall–Kier alpha value is -0.350. The fraction of sp³-hybridized carbons (Fsp3) is 0.778. The molecule has 4 heteroatoms. The van der Waals surface area contributed by atoms with Gasteiger partial charge in [0.1, 0.15) is 0 Å². The van der Waals surface area contributed by atoms with Crippen LogP contribution in [-0.2, 0) is 10.0 Å². The topological polar surface area (TPSA) is 37.4 Å². The molecule has 0 N–H and O–H groups in total. The van der Waals surface area contributed by atoms with Gasteiger partial charge in [0.15, 0.2) is 0 Å². The molecule has 0 unspecified atom stereocenters. The Kier molecular flexibility index (Phi) is 2.00. The van der Waals surface area contributed by atoms with Gasteiger partial charge in [0, 0.05) is 18.5 Å². The first-order chi connectivity index (χ1) is 6.08. The first kappa shape index (κ1) is 9.21. The molecule has 3 nitrogen and oxygen atoms in total. The van der Waals surface area contributed by atoms with Gasteiger partial charge >= 0.3 is 0 Å². The van der Waals surface area contributed by atoms with Crippen molar-refractivity contribution in [2.24, 2.45) is 5.41 Å². The van der Waals surface area contributed by atoms with Crippen LogP contribution in [0.1, 0.15) is 25.7 Å². The van der Waals surface area contributed by atoms with Crippen molar-refractivity contribution < 1.29 is 8.42 Å². The molecule has 1 saturated heterocycles. The summed E-state index contributed by atoms with van der Waals surface area (Å²) in [6.45, 7) is 4.75. The number of sulfonamides is 1. The van der Waals surface area contributed by atoms with Crippen LogP contribution >= 0.6 is 0 Å². The van der Waals surface area contributed by atoms with E-state index in [-0.39, 0.29) is 0 Å². The van der Waals surface area contributed by atoms with Crippen LogP contribution in [0.5, 0.6) is 0 Å². The zero-order valence-corrected chi connectivity index (χ0v) is 8.52. The average Bonchev–Trinajstić information content (AvgIpc) is 2.85. The lowest BCUT2D eigenvalue weighted by molar-refractivity contribution is 0.251. The van der Waals surface area contributed by atoms with Crippen LogP contribution in [-0.4, -0.2) is 25.8 Å². The van der Waals surface area contributed by atoms with Gasteiger partial charge in [-0.3, -0.25) is 0 Å². The van der Waals surface area contributed by atoms with Crippen molar-refractivity contribution in [3.05, 3.63) is 12.0 Å². The van der Waals surface area contributed by atoms with Crippen LogP contribution in [0.4, 0.5) is 0 Å². The van der Waals surface area contributed by atoms with Gasteiger partial charge in [0.25, 0.3) is 0 Å². The molecular weight excluding hydrogens is 186 g/mol. The SMILES string of the molecule is C=CS(=O)(=O)N1CCCC2(CC2)C1. The molecule has 0 radical (unpaired) electrons. The van der Waals surface area contributed by atoms with Crippen LogP contribution in [0.3, 0.4) is 0 Å². The maximum Gasteiger partial charge on any atom is 0.235 e. The van der Waals surface area contributed by atoms with Gasteiger partial charge in [0.2, 0.25) is 10.0 Å². The molecule has 1 saturated carbocycles. The lowest BCUT2D eigenvalue weighted by Gasteiger charge is -2.30. The van der Waals surface area contributed by atoms with Gasteiger partial charge in [-0.15, -0.1) is 0 Å². The highest BCUT2D eigenvalue weighted by molar-refractivity contribution is 7.92. The van der Waals surface area contributed by atoms with Crippen molar-refractivity contribution in [1.29, 1.82) is 0 Å². The molecule has 2 fully saturated rings. The van der Waals surface area contributed by atoms with Crippen LogP contribution < -0.4 is 0 Å². The molecule has 0 aromatic carbocycles. The third-order valence-corrected chi connectivity index (χ3v) is 4.61. The van der Waals surface area contributed by atoms with E-state index in [1.54, 1.807) is 4.31 Å². The van der Waals surface area contributed by atoms with Crippen molar-refractivity contribution in [2.75, 3.05) is 13.1 Å². The minimum Gasteiger partial charge on any atom is -0.208 e. The van der Waals surface area contributed by atoms with E-state index in [2.05, 4.69) is 6.58 Å². The first-order valence-corrected chi connectivity index (χ1v) is 6.21. The second-order valence-electron chi connectivity index (χ2n) is 4.15. The zero-order valence-electron chi connectivity index (χ0n) is 7.70. The smallest absolute Gasteiger partial charge is 0.208 e. The Labute approximate surface area is 79.5 Å². The summed E-state index contributed by atoms with van der Waals surface area (Å²) in [6, 6.07) is 0. The molecule has 0 atom stereocenters. The van der Waals surface area contributed by atoms with Crippen molar-refractivity contribution in [2.45, 2.75) is 25.7 Å². The lowest BCUT2D eigenvalue weighted by Crippen LogP contribution is -2.39. The van der Waals surface area contributed by atoms with E-state index >= 15 is 0 Å². The molecule has 0 aromatic rings. The average molecular weight is 201 g/mol. The van der Waals surface area contributed by atoms with Gasteiger partial charge in [-0.05, 0) is 31.1 Å². The molecule has 0 bridgehead atoms. The van der Waals surface area contributed by atoms with Gasteiger partial charge in [-0.25, -0.2) is 8.42 Å². The van der Waals surface area contributed by atoms with Crippen LogP contribution in [0.25, 0.3) is 0 Å². The number of hydrogen-bond acceptors (Lipinski definition) is 2. The van der Waals surface area contributed by atoms with Crippen LogP contribution in [0, 0.1) is 5.41 Å². The summed E-state index contributed by atoms with van der Waals surface area (Å²) in [5, 5.41) is 1.06. The van der Waals surface area contributed by atoms with E-state index in [1.807, 2.05) is 0 Å². The molecule has 1 spiro atoms. The molecule has 13 heavy (non-hydrogen) atoms. The monoisotopic (exact) mass is 201 g/mol. The third-order valence-electron chi connectivity index (χ3n) is 3.15. The van der Waals surface area contributed by atoms with E-state index < -0.39 is 10.0 Å². The summed E-state index contributed by atoms with van der Waals surface area (Å²) in [6.07, 6.45) is 4.62. The summed E-state index contributed by atoms with van der Waals surface area (Å²) in [4.78, 5) is 0. The highest BCUT2D eigenvalue weighted by Gasteiger charge is 2.47. The number of piperidine rings is 1. The van der Waals surface area contributed by atoms with Crippen LogP contribution in [0.15, 0.2) is 12.0 Å². The summed E-state index contributed by atoms with van der Waals surface area (Å²) in [5.41, 5.74) is 0.355. The molecule has 2 aliphatic rings.